The molecule has 44 heavy (non-hydrogen) atoms. The zero-order valence-electron chi connectivity index (χ0n) is 23.9. The molecule has 4 N–H and O–H groups in total. The molecule has 0 fully saturated rings. The fourth-order valence-corrected chi connectivity index (χ4v) is 4.16. The summed E-state index contributed by atoms with van der Waals surface area (Å²) in [6, 6.07) is 29.2. The molecular weight excluding hydrogens is 568 g/mol. The summed E-state index contributed by atoms with van der Waals surface area (Å²) in [5.41, 5.74) is 4.14. The third-order valence-corrected chi connectivity index (χ3v) is 6.52. The van der Waals surface area contributed by atoms with Crippen LogP contribution < -0.4 is 18.9 Å². The first-order valence-corrected chi connectivity index (χ1v) is 13.9. The van der Waals surface area contributed by atoms with Crippen LogP contribution in [0.1, 0.15) is 22.3 Å². The highest BCUT2D eigenvalue weighted by Gasteiger charge is 2.18. The fraction of sp³-hybridized carbons (Fsp3) is 0.235. The molecular formula is C34H34O10. The minimum atomic E-state index is -1.15. The summed E-state index contributed by atoms with van der Waals surface area (Å²) < 4.78 is 21.6. The summed E-state index contributed by atoms with van der Waals surface area (Å²) in [5.74, 6) is 0.0336. The van der Waals surface area contributed by atoms with E-state index < -0.39 is 24.1 Å². The number of rotatable bonds is 17. The number of aliphatic carboxylic acids is 2. The lowest BCUT2D eigenvalue weighted by Gasteiger charge is -2.19. The van der Waals surface area contributed by atoms with Crippen molar-refractivity contribution in [2.75, 3.05) is 26.4 Å². The van der Waals surface area contributed by atoms with Gasteiger partial charge < -0.3 is 39.4 Å². The zero-order valence-corrected chi connectivity index (χ0v) is 23.9. The predicted octanol–water partition coefficient (Wildman–Crippen LogP) is 3.97. The van der Waals surface area contributed by atoms with E-state index in [-0.39, 0.29) is 26.4 Å². The van der Waals surface area contributed by atoms with Crippen LogP contribution in [0.15, 0.2) is 97.1 Å². The molecule has 0 saturated carbocycles. The molecule has 4 aromatic rings. The van der Waals surface area contributed by atoms with Crippen molar-refractivity contribution in [1.82, 2.24) is 0 Å². The summed E-state index contributed by atoms with van der Waals surface area (Å²) in [5, 5.41) is 38.1. The van der Waals surface area contributed by atoms with Gasteiger partial charge in [0.05, 0.1) is 0 Å². The van der Waals surface area contributed by atoms with E-state index in [0.717, 1.165) is 22.3 Å². The van der Waals surface area contributed by atoms with E-state index in [9.17, 15) is 19.8 Å². The molecule has 0 saturated heterocycles. The van der Waals surface area contributed by atoms with Crippen LogP contribution in [0.4, 0.5) is 0 Å². The van der Waals surface area contributed by atoms with Crippen molar-refractivity contribution in [3.05, 3.63) is 119 Å². The standard InChI is InChI=1S/C34H34O10/c35-31(19-41-27-9-1-23(2-10-27)17-25-5-13-29(14-6-25)43-21-33(37)38)32(36)20-42-28-11-3-24(4-12-28)18-26-7-15-30(16-8-26)44-22-34(39)40/h1-16,31-32,35-36H,17-22H2,(H,37,38)(H,39,40)/t31-,32-/m0/s1. The minimum absolute atomic E-state index is 0.110. The maximum absolute atomic E-state index is 10.6. The number of benzene rings is 4. The highest BCUT2D eigenvalue weighted by molar-refractivity contribution is 5.68. The molecule has 0 aliphatic carbocycles. The second-order valence-corrected chi connectivity index (χ2v) is 10.1. The Bertz CT molecular complexity index is 1350. The molecule has 10 heteroatoms. The minimum Gasteiger partial charge on any atom is -0.491 e. The average molecular weight is 603 g/mol. The van der Waals surface area contributed by atoms with Crippen LogP contribution in [0, 0.1) is 0 Å². The number of hydrogen-bond acceptors (Lipinski definition) is 8. The van der Waals surface area contributed by atoms with Crippen molar-refractivity contribution < 1.29 is 49.0 Å². The van der Waals surface area contributed by atoms with Crippen molar-refractivity contribution in [3.8, 4) is 23.0 Å². The van der Waals surface area contributed by atoms with E-state index in [1.807, 2.05) is 48.5 Å². The van der Waals surface area contributed by atoms with Crippen molar-refractivity contribution >= 4 is 11.9 Å². The van der Waals surface area contributed by atoms with Crippen molar-refractivity contribution in [2.45, 2.75) is 25.0 Å². The molecule has 0 aliphatic heterocycles. The monoisotopic (exact) mass is 602 g/mol. The third kappa shape index (κ3) is 10.6. The Balaban J connectivity index is 1.16. The molecule has 0 aromatic heterocycles. The van der Waals surface area contributed by atoms with E-state index >= 15 is 0 Å². The number of carboxylic acid groups (broad SMARTS) is 2. The van der Waals surface area contributed by atoms with E-state index in [0.29, 0.717) is 35.8 Å². The maximum atomic E-state index is 10.6. The highest BCUT2D eigenvalue weighted by atomic mass is 16.5. The van der Waals surface area contributed by atoms with Gasteiger partial charge in [0.2, 0.25) is 0 Å². The Morgan fingerprint density at radius 2 is 0.705 bits per heavy atom. The summed E-state index contributed by atoms with van der Waals surface area (Å²) in [6.45, 7) is -0.992. The molecule has 230 valence electrons. The average Bonchev–Trinajstić information content (AvgIpc) is 3.03. The third-order valence-electron chi connectivity index (χ3n) is 6.52. The molecule has 4 rings (SSSR count). The Labute approximate surface area is 254 Å². The van der Waals surface area contributed by atoms with Gasteiger partial charge in [0.25, 0.3) is 0 Å². The molecule has 4 aromatic carbocycles. The Hall–Kier alpha value is -5.06. The van der Waals surface area contributed by atoms with Gasteiger partial charge in [-0.2, -0.15) is 0 Å². The van der Waals surface area contributed by atoms with Gasteiger partial charge in [0.1, 0.15) is 48.4 Å². The topological polar surface area (TPSA) is 152 Å². The number of carboxylic acids is 2. The fourth-order valence-electron chi connectivity index (χ4n) is 4.16. The van der Waals surface area contributed by atoms with E-state index in [2.05, 4.69) is 0 Å². The maximum Gasteiger partial charge on any atom is 0.341 e. The van der Waals surface area contributed by atoms with Gasteiger partial charge >= 0.3 is 11.9 Å². The zero-order chi connectivity index (χ0) is 31.3. The number of aliphatic hydroxyl groups is 2. The van der Waals surface area contributed by atoms with Gasteiger partial charge in [-0.05, 0) is 83.6 Å². The molecule has 0 amide bonds. The van der Waals surface area contributed by atoms with Crippen molar-refractivity contribution in [2.24, 2.45) is 0 Å². The summed E-state index contributed by atoms with van der Waals surface area (Å²) in [7, 11) is 0. The van der Waals surface area contributed by atoms with Gasteiger partial charge in [-0.25, -0.2) is 9.59 Å². The molecule has 2 atom stereocenters. The van der Waals surface area contributed by atoms with Crippen LogP contribution in [0.3, 0.4) is 0 Å². The largest absolute Gasteiger partial charge is 0.491 e. The van der Waals surface area contributed by atoms with Gasteiger partial charge in [0.15, 0.2) is 13.2 Å². The molecule has 10 nitrogen and oxygen atoms in total. The van der Waals surface area contributed by atoms with E-state index in [1.54, 1.807) is 48.5 Å². The van der Waals surface area contributed by atoms with Gasteiger partial charge in [-0.1, -0.05) is 48.5 Å². The second-order valence-electron chi connectivity index (χ2n) is 10.1. The van der Waals surface area contributed by atoms with E-state index in [4.69, 9.17) is 29.2 Å². The number of ether oxygens (including phenoxy) is 4. The molecule has 0 heterocycles. The van der Waals surface area contributed by atoms with Crippen molar-refractivity contribution in [3.63, 3.8) is 0 Å². The van der Waals surface area contributed by atoms with Crippen LogP contribution in [-0.2, 0) is 22.4 Å². The van der Waals surface area contributed by atoms with Crippen LogP contribution >= 0.6 is 0 Å². The SMILES string of the molecule is O=C(O)COc1ccc(Cc2ccc(OC[C@H](O)[C@@H](O)COc3ccc(Cc4ccc(OCC(=O)O)cc4)cc3)cc2)cc1. The van der Waals surface area contributed by atoms with Crippen LogP contribution in [0.5, 0.6) is 23.0 Å². The smallest absolute Gasteiger partial charge is 0.341 e. The number of aliphatic hydroxyl groups excluding tert-OH is 2. The molecule has 0 aliphatic rings. The lowest BCUT2D eigenvalue weighted by molar-refractivity contribution is -0.140. The lowest BCUT2D eigenvalue weighted by atomic mass is 10.0. The Kier molecular flexibility index (Phi) is 11.6. The summed E-state index contributed by atoms with van der Waals surface area (Å²) in [4.78, 5) is 21.2. The van der Waals surface area contributed by atoms with Crippen molar-refractivity contribution in [1.29, 1.82) is 0 Å². The molecule has 0 spiro atoms. The van der Waals surface area contributed by atoms with Gasteiger partial charge in [0, 0.05) is 0 Å². The normalized spacial score (nSPS) is 12.1. The first-order valence-electron chi connectivity index (χ1n) is 13.9. The van der Waals surface area contributed by atoms with Crippen LogP contribution in [-0.4, -0.2) is 71.0 Å². The molecule has 0 unspecified atom stereocenters. The van der Waals surface area contributed by atoms with E-state index in [1.165, 1.54) is 0 Å². The predicted molar refractivity (Wildman–Crippen MR) is 161 cm³/mol. The van der Waals surface area contributed by atoms with Crippen LogP contribution in [0.25, 0.3) is 0 Å². The lowest BCUT2D eigenvalue weighted by Crippen LogP contribution is -2.36. The van der Waals surface area contributed by atoms with Gasteiger partial charge in [-0.15, -0.1) is 0 Å². The first kappa shape index (κ1) is 31.9. The quantitative estimate of drug-likeness (QED) is 0.140. The highest BCUT2D eigenvalue weighted by Crippen LogP contribution is 2.20. The number of carbonyl (C=O) groups is 2. The first-order chi connectivity index (χ1) is 21.2. The number of hydrogen-bond donors (Lipinski definition) is 4. The second kappa shape index (κ2) is 16.0. The summed E-state index contributed by atoms with van der Waals surface area (Å²) >= 11 is 0. The Morgan fingerprint density at radius 1 is 0.455 bits per heavy atom. The Morgan fingerprint density at radius 3 is 0.955 bits per heavy atom. The molecule has 0 radical (unpaired) electrons. The molecule has 0 bridgehead atoms. The van der Waals surface area contributed by atoms with Gasteiger partial charge in [-0.3, -0.25) is 0 Å². The summed E-state index contributed by atoms with van der Waals surface area (Å²) in [6.07, 6.45) is -0.980. The van der Waals surface area contributed by atoms with Crippen LogP contribution in [0.2, 0.25) is 0 Å².